The molecule has 1 saturated heterocycles. The summed E-state index contributed by atoms with van der Waals surface area (Å²) in [5, 5.41) is 0. The lowest BCUT2D eigenvalue weighted by Gasteiger charge is -2.34. The van der Waals surface area contributed by atoms with Crippen LogP contribution in [0.2, 0.25) is 0 Å². The van der Waals surface area contributed by atoms with Gasteiger partial charge in [0.1, 0.15) is 10.7 Å². The molecule has 1 amide bonds. The Morgan fingerprint density at radius 1 is 1.29 bits per heavy atom. The van der Waals surface area contributed by atoms with Crippen molar-refractivity contribution in [3.05, 3.63) is 29.8 Å². The zero-order valence-electron chi connectivity index (χ0n) is 12.5. The third-order valence-electron chi connectivity index (χ3n) is 3.72. The minimum absolute atomic E-state index is 0.0480. The molecule has 0 aliphatic carbocycles. The first-order valence-corrected chi connectivity index (χ1v) is 7.67. The Bertz CT molecular complexity index is 506. The van der Waals surface area contributed by atoms with Gasteiger partial charge >= 0.3 is 0 Å². The Morgan fingerprint density at radius 2 is 1.86 bits per heavy atom. The maximum absolute atomic E-state index is 12.2. The molecule has 0 saturated carbocycles. The van der Waals surface area contributed by atoms with E-state index in [-0.39, 0.29) is 12.5 Å². The molecule has 114 valence electrons. The lowest BCUT2D eigenvalue weighted by molar-refractivity contribution is -0.136. The summed E-state index contributed by atoms with van der Waals surface area (Å²) in [6.07, 6.45) is 1.19. The fraction of sp³-hybridized carbons (Fsp3) is 0.500. The summed E-state index contributed by atoms with van der Waals surface area (Å²) >= 11 is 4.90. The number of nitrogens with zero attached hydrogens (tertiary/aromatic N) is 1. The summed E-state index contributed by atoms with van der Waals surface area (Å²) in [6.45, 7) is 6.10. The Morgan fingerprint density at radius 3 is 2.38 bits per heavy atom. The maximum Gasteiger partial charge on any atom is 0.260 e. The molecule has 2 unspecified atom stereocenters. The van der Waals surface area contributed by atoms with Crippen LogP contribution in [0.1, 0.15) is 25.8 Å². The van der Waals surface area contributed by atoms with Crippen LogP contribution in [0.15, 0.2) is 24.3 Å². The Kier molecular flexibility index (Phi) is 5.17. The van der Waals surface area contributed by atoms with Gasteiger partial charge in [-0.1, -0.05) is 26.1 Å². The molecule has 1 aliphatic rings. The van der Waals surface area contributed by atoms with Gasteiger partial charge in [-0.05, 0) is 42.5 Å². The van der Waals surface area contributed by atoms with Gasteiger partial charge in [0.2, 0.25) is 0 Å². The number of hydrogen-bond acceptors (Lipinski definition) is 3. The van der Waals surface area contributed by atoms with Gasteiger partial charge in [-0.2, -0.15) is 0 Å². The van der Waals surface area contributed by atoms with Gasteiger partial charge in [0.25, 0.3) is 5.91 Å². The van der Waals surface area contributed by atoms with Crippen LogP contribution in [-0.4, -0.2) is 35.5 Å². The van der Waals surface area contributed by atoms with E-state index in [0.29, 0.717) is 22.6 Å². The molecule has 0 aromatic heterocycles. The quantitative estimate of drug-likeness (QED) is 0.867. The number of carbonyl (C=O) groups excluding carboxylic acids is 1. The molecular weight excluding hydrogens is 284 g/mol. The minimum Gasteiger partial charge on any atom is -0.484 e. The van der Waals surface area contributed by atoms with Gasteiger partial charge in [0, 0.05) is 18.7 Å². The first-order valence-electron chi connectivity index (χ1n) is 7.26. The van der Waals surface area contributed by atoms with Crippen LogP contribution in [0.4, 0.5) is 0 Å². The monoisotopic (exact) mass is 306 g/mol. The third-order valence-corrected chi connectivity index (χ3v) is 3.96. The lowest BCUT2D eigenvalue weighted by atomic mass is 9.92. The van der Waals surface area contributed by atoms with Crippen LogP contribution < -0.4 is 10.5 Å². The van der Waals surface area contributed by atoms with Crippen molar-refractivity contribution in [1.29, 1.82) is 0 Å². The van der Waals surface area contributed by atoms with E-state index < -0.39 is 0 Å². The van der Waals surface area contributed by atoms with Crippen LogP contribution in [0.3, 0.4) is 0 Å². The molecule has 2 N–H and O–H groups in total. The highest BCUT2D eigenvalue weighted by atomic mass is 32.1. The van der Waals surface area contributed by atoms with Gasteiger partial charge in [-0.15, -0.1) is 0 Å². The van der Waals surface area contributed by atoms with E-state index in [1.165, 1.54) is 6.42 Å². The van der Waals surface area contributed by atoms with Crippen LogP contribution >= 0.6 is 12.2 Å². The van der Waals surface area contributed by atoms with Crippen LogP contribution in [0.5, 0.6) is 5.75 Å². The number of hydrogen-bond donors (Lipinski definition) is 1. The molecule has 0 radical (unpaired) electrons. The molecule has 1 aliphatic heterocycles. The third kappa shape index (κ3) is 4.43. The number of rotatable bonds is 4. The van der Waals surface area contributed by atoms with Crippen molar-refractivity contribution in [1.82, 2.24) is 4.90 Å². The second-order valence-electron chi connectivity index (χ2n) is 5.92. The SMILES string of the molecule is CC1CC(C)CN(C(=O)COc2ccc(C(N)=S)cc2)C1. The van der Waals surface area contributed by atoms with E-state index in [2.05, 4.69) is 13.8 Å². The second kappa shape index (κ2) is 6.89. The summed E-state index contributed by atoms with van der Waals surface area (Å²) in [7, 11) is 0. The van der Waals surface area contributed by atoms with E-state index >= 15 is 0 Å². The molecule has 1 heterocycles. The fourth-order valence-corrected chi connectivity index (χ4v) is 2.95. The average molecular weight is 306 g/mol. The fourth-order valence-electron chi connectivity index (χ4n) is 2.82. The predicted molar refractivity (Wildman–Crippen MR) is 87.3 cm³/mol. The van der Waals surface area contributed by atoms with E-state index in [9.17, 15) is 4.79 Å². The summed E-state index contributed by atoms with van der Waals surface area (Å²) in [5.74, 6) is 1.82. The van der Waals surface area contributed by atoms with Crippen molar-refractivity contribution in [2.45, 2.75) is 20.3 Å². The van der Waals surface area contributed by atoms with Gasteiger partial charge < -0.3 is 15.4 Å². The maximum atomic E-state index is 12.2. The molecule has 1 fully saturated rings. The molecule has 0 bridgehead atoms. The van der Waals surface area contributed by atoms with Crippen molar-refractivity contribution in [3.8, 4) is 5.75 Å². The van der Waals surface area contributed by atoms with Gasteiger partial charge in [-0.3, -0.25) is 4.79 Å². The Hall–Kier alpha value is -1.62. The van der Waals surface area contributed by atoms with Gasteiger partial charge in [-0.25, -0.2) is 0 Å². The number of nitrogens with two attached hydrogens (primary N) is 1. The highest BCUT2D eigenvalue weighted by molar-refractivity contribution is 7.80. The van der Waals surface area contributed by atoms with Crippen molar-refractivity contribution < 1.29 is 9.53 Å². The summed E-state index contributed by atoms with van der Waals surface area (Å²) in [5.41, 5.74) is 6.33. The number of benzene rings is 1. The number of thiocarbonyl (C=S) groups is 1. The first kappa shape index (κ1) is 15.8. The highest BCUT2D eigenvalue weighted by Gasteiger charge is 2.25. The molecule has 4 nitrogen and oxygen atoms in total. The van der Waals surface area contributed by atoms with Crippen LogP contribution in [0, 0.1) is 11.8 Å². The Labute approximate surface area is 131 Å². The van der Waals surface area contributed by atoms with E-state index in [1.807, 2.05) is 4.90 Å². The Balaban J connectivity index is 1.87. The molecule has 5 heteroatoms. The largest absolute Gasteiger partial charge is 0.484 e. The average Bonchev–Trinajstić information content (AvgIpc) is 2.44. The minimum atomic E-state index is 0.0480. The predicted octanol–water partition coefficient (Wildman–Crippen LogP) is 2.20. The molecule has 1 aromatic rings. The van der Waals surface area contributed by atoms with Crippen molar-refractivity contribution >= 4 is 23.1 Å². The number of ether oxygens (including phenoxy) is 1. The normalized spacial score (nSPS) is 21.9. The first-order chi connectivity index (χ1) is 9.95. The van der Waals surface area contributed by atoms with E-state index in [0.717, 1.165) is 18.7 Å². The standard InChI is InChI=1S/C16H22N2O2S/c1-11-7-12(2)9-18(8-11)15(19)10-20-14-5-3-13(4-6-14)16(17)21/h3-6,11-12H,7-10H2,1-2H3,(H2,17,21). The molecule has 1 aromatic carbocycles. The number of piperidine rings is 1. The highest BCUT2D eigenvalue weighted by Crippen LogP contribution is 2.21. The van der Waals surface area contributed by atoms with Crippen molar-refractivity contribution in [2.24, 2.45) is 17.6 Å². The van der Waals surface area contributed by atoms with Gasteiger partial charge in [0.05, 0.1) is 0 Å². The molecular formula is C16H22N2O2S. The molecule has 2 atom stereocenters. The van der Waals surface area contributed by atoms with Gasteiger partial charge in [0.15, 0.2) is 6.61 Å². The lowest BCUT2D eigenvalue weighted by Crippen LogP contribution is -2.44. The second-order valence-corrected chi connectivity index (χ2v) is 6.36. The van der Waals surface area contributed by atoms with E-state index in [4.69, 9.17) is 22.7 Å². The number of amides is 1. The zero-order valence-corrected chi connectivity index (χ0v) is 13.4. The zero-order chi connectivity index (χ0) is 15.4. The summed E-state index contributed by atoms with van der Waals surface area (Å²) < 4.78 is 5.55. The van der Waals surface area contributed by atoms with Crippen LogP contribution in [-0.2, 0) is 4.79 Å². The topological polar surface area (TPSA) is 55.6 Å². The van der Waals surface area contributed by atoms with Crippen LogP contribution in [0.25, 0.3) is 0 Å². The smallest absolute Gasteiger partial charge is 0.260 e. The number of carbonyl (C=O) groups is 1. The molecule has 0 spiro atoms. The number of likely N-dealkylation sites (tertiary alicyclic amines) is 1. The summed E-state index contributed by atoms with van der Waals surface area (Å²) in [4.78, 5) is 14.5. The van der Waals surface area contributed by atoms with Crippen molar-refractivity contribution in [2.75, 3.05) is 19.7 Å². The molecule has 2 rings (SSSR count). The molecule has 21 heavy (non-hydrogen) atoms. The van der Waals surface area contributed by atoms with Crippen molar-refractivity contribution in [3.63, 3.8) is 0 Å². The summed E-state index contributed by atoms with van der Waals surface area (Å²) in [6, 6.07) is 7.16. The van der Waals surface area contributed by atoms with E-state index in [1.54, 1.807) is 24.3 Å².